The van der Waals surface area contributed by atoms with Crippen LogP contribution in [-0.4, -0.2) is 14.8 Å². The van der Waals surface area contributed by atoms with Crippen molar-refractivity contribution in [1.82, 2.24) is 20.2 Å². The second kappa shape index (κ2) is 6.18. The third kappa shape index (κ3) is 3.34. The third-order valence-electron chi connectivity index (χ3n) is 2.84. The van der Waals surface area contributed by atoms with Gasteiger partial charge in [0.25, 0.3) is 0 Å². The van der Waals surface area contributed by atoms with Gasteiger partial charge in [-0.2, -0.15) is 5.10 Å². The van der Waals surface area contributed by atoms with Gasteiger partial charge in [0.1, 0.15) is 12.2 Å². The molecule has 1 unspecified atom stereocenters. The van der Waals surface area contributed by atoms with Crippen LogP contribution in [0.4, 0.5) is 0 Å². The molecular weight excluding hydrogens is 266 g/mol. The van der Waals surface area contributed by atoms with E-state index in [9.17, 15) is 0 Å². The molecule has 104 valence electrons. The van der Waals surface area contributed by atoms with Crippen LogP contribution < -0.4 is 11.3 Å². The molecule has 0 saturated carbocycles. The molecule has 0 aliphatic rings. The van der Waals surface area contributed by atoms with Crippen molar-refractivity contribution in [1.29, 1.82) is 0 Å². The Hall–Kier alpha value is -1.37. The van der Waals surface area contributed by atoms with Crippen LogP contribution >= 0.6 is 11.6 Å². The number of nitrogens with two attached hydrogens (primary N) is 1. The zero-order chi connectivity index (χ0) is 13.8. The summed E-state index contributed by atoms with van der Waals surface area (Å²) in [6, 6.07) is 1.65. The Morgan fingerprint density at radius 1 is 1.53 bits per heavy atom. The highest BCUT2D eigenvalue weighted by Gasteiger charge is 2.19. The summed E-state index contributed by atoms with van der Waals surface area (Å²) in [6.07, 6.45) is 3.70. The minimum Gasteiger partial charge on any atom is -0.453 e. The standard InChI is InChI=1S/C12H18ClN5O/c1-8(2)6-18-11(15-7-16-18)5-10(17-14)9-3-4-19-12(9)13/h3-4,7-8,10,17H,5-6,14H2,1-2H3. The van der Waals surface area contributed by atoms with Crippen molar-refractivity contribution in [3.8, 4) is 0 Å². The summed E-state index contributed by atoms with van der Waals surface area (Å²) in [7, 11) is 0. The van der Waals surface area contributed by atoms with E-state index >= 15 is 0 Å². The fourth-order valence-corrected chi connectivity index (χ4v) is 2.19. The molecule has 0 aromatic carbocycles. The topological polar surface area (TPSA) is 81.9 Å². The van der Waals surface area contributed by atoms with Crippen LogP contribution in [0.3, 0.4) is 0 Å². The fraction of sp³-hybridized carbons (Fsp3) is 0.500. The minimum absolute atomic E-state index is 0.152. The number of nitrogens with one attached hydrogen (secondary N) is 1. The summed E-state index contributed by atoms with van der Waals surface area (Å²) in [4.78, 5) is 4.28. The van der Waals surface area contributed by atoms with Gasteiger partial charge in [0.2, 0.25) is 0 Å². The maximum atomic E-state index is 5.97. The maximum Gasteiger partial charge on any atom is 0.197 e. The highest BCUT2D eigenvalue weighted by Crippen LogP contribution is 2.25. The Morgan fingerprint density at radius 2 is 2.32 bits per heavy atom. The molecule has 0 spiro atoms. The summed E-state index contributed by atoms with van der Waals surface area (Å²) in [5.74, 6) is 6.96. The lowest BCUT2D eigenvalue weighted by atomic mass is 10.1. The van der Waals surface area contributed by atoms with Crippen molar-refractivity contribution in [3.05, 3.63) is 35.3 Å². The molecule has 1 atom stereocenters. The molecule has 0 aliphatic heterocycles. The summed E-state index contributed by atoms with van der Waals surface area (Å²) in [6.45, 7) is 5.10. The first kappa shape index (κ1) is 14.0. The van der Waals surface area contributed by atoms with E-state index < -0.39 is 0 Å². The average Bonchev–Trinajstić information content (AvgIpc) is 2.95. The van der Waals surface area contributed by atoms with Crippen LogP contribution in [0.2, 0.25) is 5.22 Å². The summed E-state index contributed by atoms with van der Waals surface area (Å²) in [5.41, 5.74) is 3.56. The van der Waals surface area contributed by atoms with Gasteiger partial charge < -0.3 is 4.42 Å². The van der Waals surface area contributed by atoms with E-state index in [1.807, 2.05) is 4.68 Å². The number of nitrogens with zero attached hydrogens (tertiary/aromatic N) is 3. The molecule has 2 aromatic rings. The van der Waals surface area contributed by atoms with Crippen molar-refractivity contribution in [2.24, 2.45) is 11.8 Å². The van der Waals surface area contributed by atoms with Crippen LogP contribution in [0.25, 0.3) is 0 Å². The number of aromatic nitrogens is 3. The summed E-state index contributed by atoms with van der Waals surface area (Å²) in [5, 5.41) is 4.57. The highest BCUT2D eigenvalue weighted by atomic mass is 35.5. The van der Waals surface area contributed by atoms with Gasteiger partial charge in [-0.05, 0) is 23.6 Å². The largest absolute Gasteiger partial charge is 0.453 e. The van der Waals surface area contributed by atoms with Gasteiger partial charge in [0, 0.05) is 18.5 Å². The lowest BCUT2D eigenvalue weighted by Crippen LogP contribution is -2.30. The van der Waals surface area contributed by atoms with Crippen LogP contribution in [0.15, 0.2) is 23.1 Å². The van der Waals surface area contributed by atoms with Gasteiger partial charge in [-0.3, -0.25) is 11.3 Å². The first-order valence-corrected chi connectivity index (χ1v) is 6.55. The Bertz CT molecular complexity index is 522. The molecular formula is C12H18ClN5O. The molecule has 0 radical (unpaired) electrons. The third-order valence-corrected chi connectivity index (χ3v) is 3.15. The Balaban J connectivity index is 2.15. The second-order valence-corrected chi connectivity index (χ2v) is 5.17. The summed E-state index contributed by atoms with van der Waals surface area (Å²) < 4.78 is 6.98. The van der Waals surface area contributed by atoms with Gasteiger partial charge in [-0.15, -0.1) is 0 Å². The van der Waals surface area contributed by atoms with Gasteiger partial charge in [-0.1, -0.05) is 13.8 Å². The number of rotatable bonds is 6. The SMILES string of the molecule is CC(C)Cn1ncnc1CC(NN)c1ccoc1Cl. The molecule has 0 amide bonds. The molecule has 2 aromatic heterocycles. The second-order valence-electron chi connectivity index (χ2n) is 4.83. The lowest BCUT2D eigenvalue weighted by Gasteiger charge is -2.15. The number of halogens is 1. The van der Waals surface area contributed by atoms with Crippen molar-refractivity contribution < 1.29 is 4.42 Å². The van der Waals surface area contributed by atoms with Gasteiger partial charge >= 0.3 is 0 Å². The molecule has 0 saturated heterocycles. The monoisotopic (exact) mass is 283 g/mol. The normalized spacial score (nSPS) is 13.1. The van der Waals surface area contributed by atoms with Gasteiger partial charge in [0.15, 0.2) is 5.22 Å². The zero-order valence-electron chi connectivity index (χ0n) is 11.0. The van der Waals surface area contributed by atoms with E-state index in [1.54, 1.807) is 18.7 Å². The quantitative estimate of drug-likeness (QED) is 0.625. The average molecular weight is 284 g/mol. The summed E-state index contributed by atoms with van der Waals surface area (Å²) >= 11 is 5.97. The number of hydrogen-bond acceptors (Lipinski definition) is 5. The van der Waals surface area contributed by atoms with E-state index in [4.69, 9.17) is 21.9 Å². The first-order valence-electron chi connectivity index (χ1n) is 6.17. The highest BCUT2D eigenvalue weighted by molar-refractivity contribution is 6.29. The Labute approximate surface area is 116 Å². The molecule has 6 nitrogen and oxygen atoms in total. The van der Waals surface area contributed by atoms with E-state index in [-0.39, 0.29) is 6.04 Å². The molecule has 2 heterocycles. The predicted molar refractivity (Wildman–Crippen MR) is 72.3 cm³/mol. The van der Waals surface area contributed by atoms with Crippen molar-refractivity contribution in [2.45, 2.75) is 32.9 Å². The molecule has 7 heteroatoms. The van der Waals surface area contributed by atoms with Crippen LogP contribution in [0, 0.1) is 5.92 Å². The van der Waals surface area contributed by atoms with Crippen LogP contribution in [0.5, 0.6) is 0 Å². The van der Waals surface area contributed by atoms with E-state index in [0.29, 0.717) is 17.6 Å². The molecule has 3 N–H and O–H groups in total. The van der Waals surface area contributed by atoms with E-state index in [1.165, 1.54) is 0 Å². The maximum absolute atomic E-state index is 5.97. The van der Waals surface area contributed by atoms with Gasteiger partial charge in [0.05, 0.1) is 12.3 Å². The van der Waals surface area contributed by atoms with E-state index in [2.05, 4.69) is 29.4 Å². The molecule has 0 bridgehead atoms. The Kier molecular flexibility index (Phi) is 4.57. The molecule has 19 heavy (non-hydrogen) atoms. The van der Waals surface area contributed by atoms with Crippen molar-refractivity contribution >= 4 is 11.6 Å². The van der Waals surface area contributed by atoms with E-state index in [0.717, 1.165) is 17.9 Å². The first-order chi connectivity index (χ1) is 9.11. The van der Waals surface area contributed by atoms with Crippen LogP contribution in [-0.2, 0) is 13.0 Å². The lowest BCUT2D eigenvalue weighted by molar-refractivity contribution is 0.445. The predicted octanol–water partition coefficient (Wildman–Crippen LogP) is 1.93. The number of furan rings is 1. The molecule has 2 rings (SSSR count). The van der Waals surface area contributed by atoms with Crippen LogP contribution in [0.1, 0.15) is 31.3 Å². The number of hydrazine groups is 1. The smallest absolute Gasteiger partial charge is 0.197 e. The van der Waals surface area contributed by atoms with Crippen molar-refractivity contribution in [2.75, 3.05) is 0 Å². The molecule has 0 fully saturated rings. The Morgan fingerprint density at radius 3 is 2.89 bits per heavy atom. The van der Waals surface area contributed by atoms with Crippen molar-refractivity contribution in [3.63, 3.8) is 0 Å². The minimum atomic E-state index is -0.152. The number of hydrogen-bond donors (Lipinski definition) is 2. The zero-order valence-corrected chi connectivity index (χ0v) is 11.8. The fourth-order valence-electron chi connectivity index (χ4n) is 1.94. The molecule has 0 aliphatic carbocycles. The van der Waals surface area contributed by atoms with Gasteiger partial charge in [-0.25, -0.2) is 9.67 Å².